The molecule has 1 saturated heterocycles. The minimum absolute atomic E-state index is 0.00496. The van der Waals surface area contributed by atoms with Gasteiger partial charge in [0.15, 0.2) is 11.3 Å². The van der Waals surface area contributed by atoms with E-state index in [1.165, 1.54) is 0 Å². The Hall–Kier alpha value is -1.92. The van der Waals surface area contributed by atoms with Crippen molar-refractivity contribution < 1.29 is 18.7 Å². The second-order valence-electron chi connectivity index (χ2n) is 5.61. The Balaban J connectivity index is 1.87. The van der Waals surface area contributed by atoms with Gasteiger partial charge in [0.25, 0.3) is 5.91 Å². The monoisotopic (exact) mass is 304 g/mol. The molecule has 2 aromatic heterocycles. The van der Waals surface area contributed by atoms with Gasteiger partial charge in [0.05, 0.1) is 18.8 Å². The van der Waals surface area contributed by atoms with E-state index in [0.29, 0.717) is 30.0 Å². The molecule has 1 aliphatic rings. The Morgan fingerprint density at radius 3 is 3.00 bits per heavy atom. The molecular formula is C16H20N2O4. The van der Waals surface area contributed by atoms with Crippen molar-refractivity contribution in [2.75, 3.05) is 27.4 Å². The molecule has 22 heavy (non-hydrogen) atoms. The van der Waals surface area contributed by atoms with Crippen LogP contribution in [0.2, 0.25) is 0 Å². The lowest BCUT2D eigenvalue weighted by Gasteiger charge is -2.22. The topological polar surface area (TPSA) is 64.8 Å². The van der Waals surface area contributed by atoms with Crippen LogP contribution in [-0.4, -0.2) is 55.3 Å². The maximum absolute atomic E-state index is 12.7. The number of methoxy groups -OCH3 is 2. The molecular weight excluding hydrogens is 284 g/mol. The van der Waals surface area contributed by atoms with Gasteiger partial charge in [-0.05, 0) is 25.5 Å². The number of rotatable bonds is 4. The number of fused-ring (bicyclic) bond motifs is 1. The third kappa shape index (κ3) is 2.71. The average Bonchev–Trinajstić information content (AvgIpc) is 3.10. The quantitative estimate of drug-likeness (QED) is 0.864. The van der Waals surface area contributed by atoms with Crippen molar-refractivity contribution in [2.45, 2.75) is 25.5 Å². The summed E-state index contributed by atoms with van der Waals surface area (Å²) in [6.07, 6.45) is 0.807. The number of nitrogens with zero attached hydrogens (tertiary/aromatic N) is 2. The first-order valence-electron chi connectivity index (χ1n) is 7.32. The second kappa shape index (κ2) is 6.06. The number of aromatic nitrogens is 1. The van der Waals surface area contributed by atoms with Crippen LogP contribution in [-0.2, 0) is 9.47 Å². The standard InChI is InChI=1S/C16H20N2O4/c1-10-4-5-14-13(17-10)7-15(22-14)16(19)18-8-12(21-3)6-11(18)9-20-2/h4-5,7,11-12H,6,8-9H2,1-3H3/t11-,12+/m0/s1. The van der Waals surface area contributed by atoms with E-state index in [4.69, 9.17) is 13.9 Å². The fraction of sp³-hybridized carbons (Fsp3) is 0.500. The fourth-order valence-electron chi connectivity index (χ4n) is 2.92. The van der Waals surface area contributed by atoms with Crippen LogP contribution in [0.15, 0.2) is 22.6 Å². The number of hydrogen-bond donors (Lipinski definition) is 0. The molecule has 1 amide bonds. The fourth-order valence-corrected chi connectivity index (χ4v) is 2.92. The molecule has 6 nitrogen and oxygen atoms in total. The van der Waals surface area contributed by atoms with Gasteiger partial charge in [-0.1, -0.05) is 0 Å². The number of ether oxygens (including phenoxy) is 2. The highest BCUT2D eigenvalue weighted by Gasteiger charge is 2.36. The van der Waals surface area contributed by atoms with Crippen molar-refractivity contribution >= 4 is 17.0 Å². The van der Waals surface area contributed by atoms with Crippen LogP contribution in [0.1, 0.15) is 22.7 Å². The Kier molecular flexibility index (Phi) is 4.13. The summed E-state index contributed by atoms with van der Waals surface area (Å²) in [6.45, 7) is 2.95. The van der Waals surface area contributed by atoms with Crippen LogP contribution in [0, 0.1) is 6.92 Å². The zero-order valence-corrected chi connectivity index (χ0v) is 13.0. The number of amides is 1. The zero-order chi connectivity index (χ0) is 15.7. The Bertz CT molecular complexity index is 682. The molecule has 0 radical (unpaired) electrons. The second-order valence-corrected chi connectivity index (χ2v) is 5.61. The van der Waals surface area contributed by atoms with E-state index in [1.54, 1.807) is 25.2 Å². The molecule has 0 unspecified atom stereocenters. The van der Waals surface area contributed by atoms with Gasteiger partial charge in [-0.2, -0.15) is 0 Å². The maximum Gasteiger partial charge on any atom is 0.290 e. The number of aryl methyl sites for hydroxylation is 1. The molecule has 1 aliphatic heterocycles. The summed E-state index contributed by atoms with van der Waals surface area (Å²) in [7, 11) is 3.30. The van der Waals surface area contributed by atoms with E-state index >= 15 is 0 Å². The molecule has 3 rings (SSSR count). The first kappa shape index (κ1) is 15.0. The largest absolute Gasteiger partial charge is 0.449 e. The summed E-state index contributed by atoms with van der Waals surface area (Å²) in [6, 6.07) is 5.41. The summed E-state index contributed by atoms with van der Waals surface area (Å²) in [4.78, 5) is 18.9. The molecule has 118 valence electrons. The molecule has 1 fully saturated rings. The number of hydrogen-bond acceptors (Lipinski definition) is 5. The molecule has 0 saturated carbocycles. The van der Waals surface area contributed by atoms with Gasteiger partial charge in [0.2, 0.25) is 0 Å². The van der Waals surface area contributed by atoms with E-state index in [2.05, 4.69) is 4.98 Å². The van der Waals surface area contributed by atoms with E-state index in [9.17, 15) is 4.79 Å². The summed E-state index contributed by atoms with van der Waals surface area (Å²) in [5.74, 6) is 0.170. The average molecular weight is 304 g/mol. The van der Waals surface area contributed by atoms with E-state index in [-0.39, 0.29) is 18.1 Å². The smallest absolute Gasteiger partial charge is 0.290 e. The zero-order valence-electron chi connectivity index (χ0n) is 13.0. The maximum atomic E-state index is 12.7. The Labute approximate surface area is 129 Å². The first-order chi connectivity index (χ1) is 10.6. The van der Waals surface area contributed by atoms with Crippen LogP contribution in [0.5, 0.6) is 0 Å². The number of carbonyl (C=O) groups excluding carboxylic acids is 1. The van der Waals surface area contributed by atoms with Crippen LogP contribution in [0.25, 0.3) is 11.1 Å². The number of likely N-dealkylation sites (tertiary alicyclic amines) is 1. The third-order valence-electron chi connectivity index (χ3n) is 4.05. The lowest BCUT2D eigenvalue weighted by Crippen LogP contribution is -2.38. The SMILES string of the molecule is COC[C@@H]1C[C@@H](OC)CN1C(=O)c1cc2nc(C)ccc2o1. The van der Waals surface area contributed by atoms with Crippen LogP contribution in [0.4, 0.5) is 0 Å². The molecule has 2 aromatic rings. The normalized spacial score (nSPS) is 21.7. The predicted molar refractivity (Wildman–Crippen MR) is 80.9 cm³/mol. The van der Waals surface area contributed by atoms with Crippen LogP contribution >= 0.6 is 0 Å². The molecule has 2 atom stereocenters. The lowest BCUT2D eigenvalue weighted by atomic mass is 10.2. The minimum Gasteiger partial charge on any atom is -0.449 e. The lowest BCUT2D eigenvalue weighted by molar-refractivity contribution is 0.0584. The van der Waals surface area contributed by atoms with Crippen molar-refractivity contribution in [1.29, 1.82) is 0 Å². The first-order valence-corrected chi connectivity index (χ1v) is 7.32. The molecule has 6 heteroatoms. The predicted octanol–water partition coefficient (Wildman–Crippen LogP) is 2.01. The molecule has 0 N–H and O–H groups in total. The molecule has 0 aliphatic carbocycles. The number of furan rings is 1. The highest BCUT2D eigenvalue weighted by atomic mass is 16.5. The third-order valence-corrected chi connectivity index (χ3v) is 4.05. The van der Waals surface area contributed by atoms with Crippen molar-refractivity contribution in [1.82, 2.24) is 9.88 Å². The summed E-state index contributed by atoms with van der Waals surface area (Å²) in [5, 5.41) is 0. The van der Waals surface area contributed by atoms with Crippen molar-refractivity contribution in [3.63, 3.8) is 0 Å². The van der Waals surface area contributed by atoms with Crippen LogP contribution < -0.4 is 0 Å². The molecule has 0 spiro atoms. The van der Waals surface area contributed by atoms with Gasteiger partial charge in [-0.3, -0.25) is 4.79 Å². The highest BCUT2D eigenvalue weighted by Crippen LogP contribution is 2.25. The molecule has 0 bridgehead atoms. The summed E-state index contributed by atoms with van der Waals surface area (Å²) < 4.78 is 16.3. The van der Waals surface area contributed by atoms with E-state index in [1.807, 2.05) is 19.1 Å². The van der Waals surface area contributed by atoms with E-state index < -0.39 is 0 Å². The highest BCUT2D eigenvalue weighted by molar-refractivity contribution is 5.95. The van der Waals surface area contributed by atoms with Crippen LogP contribution in [0.3, 0.4) is 0 Å². The van der Waals surface area contributed by atoms with E-state index in [0.717, 1.165) is 12.1 Å². The van der Waals surface area contributed by atoms with Gasteiger partial charge >= 0.3 is 0 Å². The number of pyridine rings is 1. The van der Waals surface area contributed by atoms with Gasteiger partial charge < -0.3 is 18.8 Å². The molecule has 3 heterocycles. The van der Waals surface area contributed by atoms with Crippen molar-refractivity contribution in [3.05, 3.63) is 29.7 Å². The minimum atomic E-state index is -0.141. The summed E-state index contributed by atoms with van der Waals surface area (Å²) in [5.41, 5.74) is 2.22. The van der Waals surface area contributed by atoms with Crippen molar-refractivity contribution in [3.8, 4) is 0 Å². The van der Waals surface area contributed by atoms with Gasteiger partial charge in [0, 0.05) is 32.5 Å². The Morgan fingerprint density at radius 1 is 1.45 bits per heavy atom. The Morgan fingerprint density at radius 2 is 2.27 bits per heavy atom. The number of carbonyl (C=O) groups is 1. The van der Waals surface area contributed by atoms with Crippen molar-refractivity contribution in [2.24, 2.45) is 0 Å². The van der Waals surface area contributed by atoms with Gasteiger partial charge in [-0.25, -0.2) is 4.98 Å². The summed E-state index contributed by atoms with van der Waals surface area (Å²) >= 11 is 0. The molecule has 0 aromatic carbocycles. The van der Waals surface area contributed by atoms with Gasteiger partial charge in [0.1, 0.15) is 5.52 Å². The van der Waals surface area contributed by atoms with Gasteiger partial charge in [-0.15, -0.1) is 0 Å².